The SMILES string of the molecule is Cc1ccc(O)c(CNC[C@H]2CC[C@@H](c3nc(C)no3)O2)n1. The normalized spacial score (nSPS) is 21.4. The van der Waals surface area contributed by atoms with Gasteiger partial charge in [-0.05, 0) is 38.8 Å². The fourth-order valence-electron chi connectivity index (χ4n) is 2.57. The van der Waals surface area contributed by atoms with E-state index in [0.717, 1.165) is 18.5 Å². The van der Waals surface area contributed by atoms with Crippen LogP contribution in [0.4, 0.5) is 0 Å². The summed E-state index contributed by atoms with van der Waals surface area (Å²) in [6, 6.07) is 3.45. The van der Waals surface area contributed by atoms with Crippen LogP contribution in [0.15, 0.2) is 16.7 Å². The topological polar surface area (TPSA) is 93.3 Å². The van der Waals surface area contributed by atoms with Crippen LogP contribution in [0.2, 0.25) is 0 Å². The summed E-state index contributed by atoms with van der Waals surface area (Å²) in [6.07, 6.45) is 1.80. The average Bonchev–Trinajstić information content (AvgIpc) is 3.11. The largest absolute Gasteiger partial charge is 0.506 e. The van der Waals surface area contributed by atoms with Gasteiger partial charge in [-0.1, -0.05) is 5.16 Å². The molecule has 7 nitrogen and oxygen atoms in total. The quantitative estimate of drug-likeness (QED) is 0.869. The third-order valence-corrected chi connectivity index (χ3v) is 3.68. The van der Waals surface area contributed by atoms with Gasteiger partial charge in [-0.25, -0.2) is 0 Å². The van der Waals surface area contributed by atoms with Crippen molar-refractivity contribution in [1.82, 2.24) is 20.4 Å². The highest BCUT2D eigenvalue weighted by Gasteiger charge is 2.30. The van der Waals surface area contributed by atoms with Gasteiger partial charge in [0.2, 0.25) is 0 Å². The molecule has 0 aromatic carbocycles. The molecule has 0 saturated carbocycles. The standard InChI is InChI=1S/C15H20N4O3/c1-9-3-5-13(20)12(17-9)8-16-7-11-4-6-14(21-11)15-18-10(2)19-22-15/h3,5,11,14,16,20H,4,6-8H2,1-2H3/t11-,14+/m1/s1. The first-order valence-corrected chi connectivity index (χ1v) is 7.43. The summed E-state index contributed by atoms with van der Waals surface area (Å²) < 4.78 is 11.1. The molecule has 2 N–H and O–H groups in total. The summed E-state index contributed by atoms with van der Waals surface area (Å²) in [5.41, 5.74) is 1.54. The van der Waals surface area contributed by atoms with E-state index in [1.807, 2.05) is 6.92 Å². The van der Waals surface area contributed by atoms with Crippen LogP contribution in [0.3, 0.4) is 0 Å². The Morgan fingerprint density at radius 2 is 2.14 bits per heavy atom. The molecule has 0 unspecified atom stereocenters. The van der Waals surface area contributed by atoms with Crippen LogP contribution in [0, 0.1) is 13.8 Å². The number of rotatable bonds is 5. The number of aromatic hydroxyl groups is 1. The van der Waals surface area contributed by atoms with Crippen LogP contribution in [0.5, 0.6) is 5.75 Å². The zero-order valence-electron chi connectivity index (χ0n) is 12.7. The maximum atomic E-state index is 9.76. The Morgan fingerprint density at radius 3 is 2.91 bits per heavy atom. The van der Waals surface area contributed by atoms with E-state index in [2.05, 4.69) is 20.4 Å². The van der Waals surface area contributed by atoms with Gasteiger partial charge in [0.1, 0.15) is 11.9 Å². The predicted molar refractivity (Wildman–Crippen MR) is 78.2 cm³/mol. The van der Waals surface area contributed by atoms with Gasteiger partial charge in [0.05, 0.1) is 11.8 Å². The van der Waals surface area contributed by atoms with Gasteiger partial charge in [0.25, 0.3) is 5.89 Å². The van der Waals surface area contributed by atoms with Crippen molar-refractivity contribution in [1.29, 1.82) is 0 Å². The Bertz CT molecular complexity index is 643. The molecule has 0 bridgehead atoms. The van der Waals surface area contributed by atoms with Crippen molar-refractivity contribution in [3.63, 3.8) is 0 Å². The van der Waals surface area contributed by atoms with Gasteiger partial charge in [-0.3, -0.25) is 4.98 Å². The first-order valence-electron chi connectivity index (χ1n) is 7.43. The summed E-state index contributed by atoms with van der Waals surface area (Å²) in [7, 11) is 0. The van der Waals surface area contributed by atoms with E-state index in [1.54, 1.807) is 19.1 Å². The summed E-state index contributed by atoms with van der Waals surface area (Å²) in [6.45, 7) is 4.90. The molecular formula is C15H20N4O3. The van der Waals surface area contributed by atoms with Crippen molar-refractivity contribution in [2.24, 2.45) is 0 Å². The lowest BCUT2D eigenvalue weighted by atomic mass is 10.2. The maximum Gasteiger partial charge on any atom is 0.255 e. The number of nitrogens with zero attached hydrogens (tertiary/aromatic N) is 3. The lowest BCUT2D eigenvalue weighted by Gasteiger charge is -2.13. The molecule has 7 heteroatoms. The van der Waals surface area contributed by atoms with Crippen LogP contribution >= 0.6 is 0 Å². The predicted octanol–water partition coefficient (Wildman–Crippen LogP) is 1.80. The molecule has 0 spiro atoms. The first kappa shape index (κ1) is 14.9. The van der Waals surface area contributed by atoms with E-state index < -0.39 is 0 Å². The molecule has 2 aromatic heterocycles. The highest BCUT2D eigenvalue weighted by molar-refractivity contribution is 5.27. The lowest BCUT2D eigenvalue weighted by Crippen LogP contribution is -2.26. The highest BCUT2D eigenvalue weighted by Crippen LogP contribution is 2.31. The highest BCUT2D eigenvalue weighted by atomic mass is 16.5. The molecule has 2 atom stereocenters. The summed E-state index contributed by atoms with van der Waals surface area (Å²) in [5.74, 6) is 1.39. The molecule has 0 radical (unpaired) electrons. The second kappa shape index (κ2) is 6.41. The minimum absolute atomic E-state index is 0.101. The molecule has 1 fully saturated rings. The van der Waals surface area contributed by atoms with Crippen LogP contribution in [0.1, 0.15) is 42.0 Å². The zero-order valence-corrected chi connectivity index (χ0v) is 12.7. The molecule has 2 aromatic rings. The monoisotopic (exact) mass is 304 g/mol. The number of nitrogens with one attached hydrogen (secondary N) is 1. The molecule has 3 heterocycles. The molecular weight excluding hydrogens is 284 g/mol. The Balaban J connectivity index is 1.48. The number of pyridine rings is 1. The molecule has 22 heavy (non-hydrogen) atoms. The first-order chi connectivity index (χ1) is 10.6. The number of hydrogen-bond acceptors (Lipinski definition) is 7. The van der Waals surface area contributed by atoms with Crippen LogP contribution in [-0.4, -0.2) is 32.9 Å². The molecule has 1 saturated heterocycles. The van der Waals surface area contributed by atoms with Gasteiger partial charge < -0.3 is 19.7 Å². The van der Waals surface area contributed by atoms with E-state index in [0.29, 0.717) is 30.5 Å². The zero-order chi connectivity index (χ0) is 15.5. The average molecular weight is 304 g/mol. The van der Waals surface area contributed by atoms with Gasteiger partial charge in [0.15, 0.2) is 5.82 Å². The van der Waals surface area contributed by atoms with Crippen molar-refractivity contribution in [2.45, 2.75) is 45.4 Å². The van der Waals surface area contributed by atoms with Crippen molar-refractivity contribution in [3.05, 3.63) is 35.2 Å². The van der Waals surface area contributed by atoms with Crippen LogP contribution in [0.25, 0.3) is 0 Å². The van der Waals surface area contributed by atoms with Crippen molar-refractivity contribution < 1.29 is 14.4 Å². The Hall–Kier alpha value is -1.99. The molecule has 1 aliphatic heterocycles. The number of hydrogen-bond donors (Lipinski definition) is 2. The van der Waals surface area contributed by atoms with Crippen LogP contribution < -0.4 is 5.32 Å². The van der Waals surface area contributed by atoms with E-state index in [9.17, 15) is 5.11 Å². The van der Waals surface area contributed by atoms with Gasteiger partial charge in [-0.15, -0.1) is 0 Å². The van der Waals surface area contributed by atoms with Gasteiger partial charge in [0, 0.05) is 18.8 Å². The van der Waals surface area contributed by atoms with Crippen molar-refractivity contribution in [2.75, 3.05) is 6.54 Å². The maximum absolute atomic E-state index is 9.76. The minimum atomic E-state index is -0.113. The smallest absolute Gasteiger partial charge is 0.255 e. The van der Waals surface area contributed by atoms with Gasteiger partial charge in [-0.2, -0.15) is 4.98 Å². The second-order valence-electron chi connectivity index (χ2n) is 5.55. The van der Waals surface area contributed by atoms with E-state index >= 15 is 0 Å². The molecule has 118 valence electrons. The molecule has 1 aliphatic rings. The molecule has 0 aliphatic carbocycles. The number of aryl methyl sites for hydroxylation is 2. The molecule has 3 rings (SSSR count). The summed E-state index contributed by atoms with van der Waals surface area (Å²) in [5, 5.41) is 16.8. The third kappa shape index (κ3) is 3.42. The number of ether oxygens (including phenoxy) is 1. The summed E-state index contributed by atoms with van der Waals surface area (Å²) in [4.78, 5) is 8.53. The minimum Gasteiger partial charge on any atom is -0.506 e. The fourth-order valence-corrected chi connectivity index (χ4v) is 2.57. The van der Waals surface area contributed by atoms with Crippen molar-refractivity contribution in [3.8, 4) is 5.75 Å². The van der Waals surface area contributed by atoms with Crippen LogP contribution in [-0.2, 0) is 11.3 Å². The van der Waals surface area contributed by atoms with Crippen molar-refractivity contribution >= 4 is 0 Å². The summed E-state index contributed by atoms with van der Waals surface area (Å²) >= 11 is 0. The Morgan fingerprint density at radius 1 is 1.27 bits per heavy atom. The molecule has 0 amide bonds. The Kier molecular flexibility index (Phi) is 4.35. The lowest BCUT2D eigenvalue weighted by molar-refractivity contribution is 0.0263. The van der Waals surface area contributed by atoms with E-state index in [-0.39, 0.29) is 18.0 Å². The third-order valence-electron chi connectivity index (χ3n) is 3.68. The fraction of sp³-hybridized carbons (Fsp3) is 0.533. The Labute approximate surface area is 128 Å². The van der Waals surface area contributed by atoms with E-state index in [4.69, 9.17) is 9.26 Å². The number of aromatic nitrogens is 3. The van der Waals surface area contributed by atoms with E-state index in [1.165, 1.54) is 0 Å². The van der Waals surface area contributed by atoms with Gasteiger partial charge >= 0.3 is 0 Å². The second-order valence-corrected chi connectivity index (χ2v) is 5.55.